The number of rotatable bonds is 8. The van der Waals surface area contributed by atoms with Crippen molar-refractivity contribution in [3.05, 3.63) is 0 Å². The highest BCUT2D eigenvalue weighted by molar-refractivity contribution is 5.76. The molecule has 0 radical (unpaired) electrons. The van der Waals surface area contributed by atoms with Crippen LogP contribution in [0.5, 0.6) is 0 Å². The van der Waals surface area contributed by atoms with Crippen molar-refractivity contribution in [3.63, 3.8) is 0 Å². The Morgan fingerprint density at radius 1 is 1.07 bits per heavy atom. The molecule has 14 heavy (non-hydrogen) atoms. The van der Waals surface area contributed by atoms with Gasteiger partial charge in [0, 0.05) is 6.61 Å². The van der Waals surface area contributed by atoms with E-state index in [4.69, 9.17) is 14.9 Å². The minimum Gasteiger partial charge on any atom is -0.481 e. The van der Waals surface area contributed by atoms with Crippen LogP contribution in [0.15, 0.2) is 0 Å². The normalized spacial score (nSPS) is 9.79. The van der Waals surface area contributed by atoms with Gasteiger partial charge < -0.3 is 14.9 Å². The van der Waals surface area contributed by atoms with Crippen LogP contribution in [0.4, 0.5) is 0 Å². The molecule has 0 bridgehead atoms. The molecule has 0 aliphatic carbocycles. The van der Waals surface area contributed by atoms with E-state index in [1.807, 2.05) is 0 Å². The zero-order valence-corrected chi connectivity index (χ0v) is 8.07. The van der Waals surface area contributed by atoms with Gasteiger partial charge in [-0.15, -0.1) is 0 Å². The molecule has 0 aliphatic rings. The molecule has 2 N–H and O–H groups in total. The Morgan fingerprint density at radius 2 is 1.79 bits per heavy atom. The molecule has 0 fully saturated rings. The number of ether oxygens (including phenoxy) is 1. The first-order chi connectivity index (χ1) is 6.66. The number of unbranched alkanes of at least 4 members (excludes halogenated alkanes) is 2. The second-order valence-corrected chi connectivity index (χ2v) is 2.90. The van der Waals surface area contributed by atoms with Gasteiger partial charge >= 0.3 is 11.9 Å². The van der Waals surface area contributed by atoms with E-state index in [-0.39, 0.29) is 19.4 Å². The summed E-state index contributed by atoms with van der Waals surface area (Å²) in [5.74, 6) is -1.47. The average Bonchev–Trinajstić information content (AvgIpc) is 2.14. The van der Waals surface area contributed by atoms with Gasteiger partial charge in [0.1, 0.15) is 0 Å². The predicted molar refractivity (Wildman–Crippen MR) is 48.8 cm³/mol. The highest BCUT2D eigenvalue weighted by Gasteiger charge is 2.05. The van der Waals surface area contributed by atoms with Crippen LogP contribution in [0.25, 0.3) is 0 Å². The van der Waals surface area contributed by atoms with E-state index in [2.05, 4.69) is 0 Å². The quantitative estimate of drug-likeness (QED) is 0.445. The van der Waals surface area contributed by atoms with Crippen molar-refractivity contribution < 1.29 is 24.5 Å². The molecule has 0 spiro atoms. The van der Waals surface area contributed by atoms with Crippen molar-refractivity contribution >= 4 is 11.9 Å². The average molecular weight is 204 g/mol. The van der Waals surface area contributed by atoms with Gasteiger partial charge in [-0.25, -0.2) is 0 Å². The number of aliphatic hydroxyl groups is 1. The Hall–Kier alpha value is -1.10. The van der Waals surface area contributed by atoms with Gasteiger partial charge in [0.25, 0.3) is 0 Å². The zero-order valence-electron chi connectivity index (χ0n) is 8.07. The van der Waals surface area contributed by atoms with Crippen LogP contribution in [-0.2, 0) is 14.3 Å². The topological polar surface area (TPSA) is 83.8 Å². The number of esters is 1. The van der Waals surface area contributed by atoms with Crippen LogP contribution in [0, 0.1) is 0 Å². The summed E-state index contributed by atoms with van der Waals surface area (Å²) in [6, 6.07) is 0. The molecule has 0 aromatic heterocycles. The van der Waals surface area contributed by atoms with Crippen molar-refractivity contribution in [2.45, 2.75) is 32.1 Å². The smallest absolute Gasteiger partial charge is 0.306 e. The summed E-state index contributed by atoms with van der Waals surface area (Å²) >= 11 is 0. The van der Waals surface area contributed by atoms with E-state index in [0.717, 1.165) is 6.42 Å². The molecule has 0 heterocycles. The van der Waals surface area contributed by atoms with Gasteiger partial charge in [0.05, 0.1) is 19.4 Å². The number of carboxylic acid groups (broad SMARTS) is 1. The largest absolute Gasteiger partial charge is 0.481 e. The van der Waals surface area contributed by atoms with Crippen LogP contribution in [0.2, 0.25) is 0 Å². The minimum absolute atomic E-state index is 0.0741. The highest BCUT2D eigenvalue weighted by atomic mass is 16.5. The van der Waals surface area contributed by atoms with Crippen molar-refractivity contribution in [1.29, 1.82) is 0 Å². The summed E-state index contributed by atoms with van der Waals surface area (Å²) in [6.07, 6.45) is 1.96. The number of hydrogen-bond donors (Lipinski definition) is 2. The molecular weight excluding hydrogens is 188 g/mol. The Labute approximate surface area is 82.7 Å². The third-order valence-electron chi connectivity index (χ3n) is 1.61. The Balaban J connectivity index is 3.22. The maximum absolute atomic E-state index is 10.8. The molecule has 82 valence electrons. The summed E-state index contributed by atoms with van der Waals surface area (Å²) in [5, 5.41) is 16.7. The molecule has 0 saturated carbocycles. The molecule has 0 amide bonds. The van der Waals surface area contributed by atoms with Crippen LogP contribution < -0.4 is 0 Å². The van der Waals surface area contributed by atoms with Crippen molar-refractivity contribution in [2.24, 2.45) is 0 Å². The van der Waals surface area contributed by atoms with Crippen LogP contribution in [0.3, 0.4) is 0 Å². The fourth-order valence-corrected chi connectivity index (χ4v) is 0.858. The molecule has 0 rings (SSSR count). The molecule has 0 aromatic rings. The standard InChI is InChI=1S/C9H16O5/c10-6-2-1-3-7-14-9(13)5-4-8(11)12/h10H,1-7H2,(H,11,12). The van der Waals surface area contributed by atoms with E-state index in [0.29, 0.717) is 19.4 Å². The van der Waals surface area contributed by atoms with Crippen LogP contribution in [-0.4, -0.2) is 35.4 Å². The highest BCUT2D eigenvalue weighted by Crippen LogP contribution is 1.97. The SMILES string of the molecule is O=C(O)CCC(=O)OCCCCCO. The van der Waals surface area contributed by atoms with Gasteiger partial charge in [-0.2, -0.15) is 0 Å². The van der Waals surface area contributed by atoms with Gasteiger partial charge in [0.2, 0.25) is 0 Å². The molecule has 0 saturated heterocycles. The van der Waals surface area contributed by atoms with Gasteiger partial charge in [0.15, 0.2) is 0 Å². The Kier molecular flexibility index (Phi) is 7.83. The van der Waals surface area contributed by atoms with Crippen molar-refractivity contribution in [1.82, 2.24) is 0 Å². The second-order valence-electron chi connectivity index (χ2n) is 2.90. The minimum atomic E-state index is -0.998. The third kappa shape index (κ3) is 8.99. The lowest BCUT2D eigenvalue weighted by Gasteiger charge is -2.02. The van der Waals surface area contributed by atoms with Crippen molar-refractivity contribution in [2.75, 3.05) is 13.2 Å². The molecule has 5 nitrogen and oxygen atoms in total. The van der Waals surface area contributed by atoms with E-state index in [1.54, 1.807) is 0 Å². The summed E-state index contributed by atoms with van der Waals surface area (Å²) in [6.45, 7) is 0.450. The third-order valence-corrected chi connectivity index (χ3v) is 1.61. The summed E-state index contributed by atoms with van der Waals surface area (Å²) < 4.78 is 4.76. The van der Waals surface area contributed by atoms with Crippen molar-refractivity contribution in [3.8, 4) is 0 Å². The van der Waals surface area contributed by atoms with Gasteiger partial charge in [-0.3, -0.25) is 9.59 Å². The lowest BCUT2D eigenvalue weighted by molar-refractivity contribution is -0.147. The second kappa shape index (κ2) is 8.50. The Morgan fingerprint density at radius 3 is 2.36 bits per heavy atom. The predicted octanol–water partition coefficient (Wildman–Crippen LogP) is 0.557. The summed E-state index contributed by atoms with van der Waals surface area (Å²) in [5.41, 5.74) is 0. The fraction of sp³-hybridized carbons (Fsp3) is 0.778. The summed E-state index contributed by atoms with van der Waals surface area (Å²) in [4.78, 5) is 20.9. The lowest BCUT2D eigenvalue weighted by atomic mass is 10.2. The first-order valence-electron chi connectivity index (χ1n) is 4.65. The molecular formula is C9H16O5. The zero-order chi connectivity index (χ0) is 10.8. The number of carbonyl (C=O) groups excluding carboxylic acids is 1. The fourth-order valence-electron chi connectivity index (χ4n) is 0.858. The number of hydrogen-bond acceptors (Lipinski definition) is 4. The van der Waals surface area contributed by atoms with Gasteiger partial charge in [-0.1, -0.05) is 0 Å². The van der Waals surface area contributed by atoms with E-state index in [1.165, 1.54) is 0 Å². The molecule has 0 aromatic carbocycles. The Bertz CT molecular complexity index is 178. The maximum atomic E-state index is 10.8. The van der Waals surface area contributed by atoms with Crippen LogP contribution >= 0.6 is 0 Å². The lowest BCUT2D eigenvalue weighted by Crippen LogP contribution is -2.08. The number of carbonyl (C=O) groups is 2. The molecule has 5 heteroatoms. The maximum Gasteiger partial charge on any atom is 0.306 e. The molecule has 0 atom stereocenters. The molecule has 0 unspecified atom stereocenters. The van der Waals surface area contributed by atoms with Crippen LogP contribution in [0.1, 0.15) is 32.1 Å². The van der Waals surface area contributed by atoms with E-state index in [9.17, 15) is 9.59 Å². The first-order valence-corrected chi connectivity index (χ1v) is 4.65. The van der Waals surface area contributed by atoms with Gasteiger partial charge in [-0.05, 0) is 19.3 Å². The number of aliphatic hydroxyl groups excluding tert-OH is 1. The number of carboxylic acids is 1. The monoisotopic (exact) mass is 204 g/mol. The molecule has 0 aliphatic heterocycles. The van der Waals surface area contributed by atoms with E-state index < -0.39 is 11.9 Å². The first kappa shape index (κ1) is 12.9. The van der Waals surface area contributed by atoms with E-state index >= 15 is 0 Å². The number of aliphatic carboxylic acids is 1. The summed E-state index contributed by atoms with van der Waals surface area (Å²) in [7, 11) is 0.